The van der Waals surface area contributed by atoms with Crippen molar-refractivity contribution in [2.45, 2.75) is 37.8 Å². The summed E-state index contributed by atoms with van der Waals surface area (Å²) >= 11 is 0. The number of terminal acetylenes is 1. The Labute approximate surface area is 220 Å². The number of carbonyl (C=O) groups is 3. The fourth-order valence-corrected chi connectivity index (χ4v) is 4.72. The smallest absolute Gasteiger partial charge is 0.251 e. The van der Waals surface area contributed by atoms with E-state index in [2.05, 4.69) is 16.6 Å². The fraction of sp³-hybridized carbons (Fsp3) is 0.233. The number of para-hydroxylation sites is 1. The van der Waals surface area contributed by atoms with Gasteiger partial charge in [0.15, 0.2) is 0 Å². The van der Waals surface area contributed by atoms with Gasteiger partial charge >= 0.3 is 0 Å². The molecule has 3 aromatic carbocycles. The van der Waals surface area contributed by atoms with Crippen molar-refractivity contribution in [3.8, 4) is 12.3 Å². The van der Waals surface area contributed by atoms with Crippen molar-refractivity contribution in [1.29, 1.82) is 0 Å². The van der Waals surface area contributed by atoms with Crippen molar-refractivity contribution < 1.29 is 23.2 Å². The first-order valence-corrected chi connectivity index (χ1v) is 12.2. The van der Waals surface area contributed by atoms with Crippen LogP contribution in [0.5, 0.6) is 0 Å². The number of hydrogen-bond acceptors (Lipinski definition) is 3. The molecule has 0 spiro atoms. The van der Waals surface area contributed by atoms with Gasteiger partial charge in [0.2, 0.25) is 11.8 Å². The number of fused-ring (bicyclic) bond motifs is 1. The van der Waals surface area contributed by atoms with Gasteiger partial charge in [-0.1, -0.05) is 54.5 Å². The molecule has 0 bridgehead atoms. The van der Waals surface area contributed by atoms with Crippen LogP contribution in [-0.4, -0.2) is 36.3 Å². The van der Waals surface area contributed by atoms with Crippen LogP contribution in [0.25, 0.3) is 0 Å². The van der Waals surface area contributed by atoms with Gasteiger partial charge < -0.3 is 10.6 Å². The van der Waals surface area contributed by atoms with E-state index in [0.29, 0.717) is 18.2 Å². The molecular formula is C30H27F2N3O3. The van der Waals surface area contributed by atoms with Crippen LogP contribution in [0.1, 0.15) is 29.5 Å². The molecule has 4 rings (SSSR count). The molecule has 0 aromatic heterocycles. The lowest BCUT2D eigenvalue weighted by atomic mass is 9.86. The summed E-state index contributed by atoms with van der Waals surface area (Å²) in [6, 6.07) is 17.7. The van der Waals surface area contributed by atoms with Crippen LogP contribution in [0, 0.1) is 24.0 Å². The largest absolute Gasteiger partial charge is 0.344 e. The average molecular weight is 516 g/mol. The van der Waals surface area contributed by atoms with Gasteiger partial charge in [-0.25, -0.2) is 8.78 Å². The van der Waals surface area contributed by atoms with Crippen LogP contribution < -0.4 is 15.5 Å². The number of carbonyl (C=O) groups excluding carboxylic acids is 3. The Morgan fingerprint density at radius 2 is 1.71 bits per heavy atom. The lowest BCUT2D eigenvalue weighted by Crippen LogP contribution is -2.55. The van der Waals surface area contributed by atoms with Crippen molar-refractivity contribution in [2.24, 2.45) is 0 Å². The predicted octanol–water partition coefficient (Wildman–Crippen LogP) is 3.50. The SMILES string of the molecule is C#CCN1C(=O)[C@H](NC(=O)[C@H](C)NC(=O)Cc2cc(F)cc(F)c2)C(c2ccccc2)Cc2ccccc21. The minimum atomic E-state index is -1.02. The Morgan fingerprint density at radius 1 is 1.05 bits per heavy atom. The van der Waals surface area contributed by atoms with Gasteiger partial charge in [0.05, 0.1) is 13.0 Å². The molecule has 0 saturated heterocycles. The van der Waals surface area contributed by atoms with E-state index in [9.17, 15) is 23.2 Å². The van der Waals surface area contributed by atoms with E-state index < -0.39 is 41.5 Å². The molecule has 1 aliphatic heterocycles. The highest BCUT2D eigenvalue weighted by Gasteiger charge is 2.39. The number of anilines is 1. The fourth-order valence-electron chi connectivity index (χ4n) is 4.72. The molecule has 194 valence electrons. The van der Waals surface area contributed by atoms with Crippen LogP contribution in [0.15, 0.2) is 72.8 Å². The Hall–Kier alpha value is -4.51. The third-order valence-electron chi connectivity index (χ3n) is 6.49. The molecule has 2 N–H and O–H groups in total. The van der Waals surface area contributed by atoms with Gasteiger partial charge in [-0.05, 0) is 48.2 Å². The van der Waals surface area contributed by atoms with E-state index in [4.69, 9.17) is 6.42 Å². The van der Waals surface area contributed by atoms with E-state index in [-0.39, 0.29) is 24.4 Å². The summed E-state index contributed by atoms with van der Waals surface area (Å²) in [6.45, 7) is 1.51. The molecule has 38 heavy (non-hydrogen) atoms. The summed E-state index contributed by atoms with van der Waals surface area (Å²) in [4.78, 5) is 41.0. The third kappa shape index (κ3) is 6.06. The molecule has 0 radical (unpaired) electrons. The molecule has 6 nitrogen and oxygen atoms in total. The molecule has 0 aliphatic carbocycles. The average Bonchev–Trinajstić information content (AvgIpc) is 2.99. The molecule has 0 saturated carbocycles. The molecule has 1 aliphatic rings. The highest BCUT2D eigenvalue weighted by molar-refractivity contribution is 6.02. The second-order valence-corrected chi connectivity index (χ2v) is 9.21. The zero-order chi connectivity index (χ0) is 27.2. The zero-order valence-electron chi connectivity index (χ0n) is 20.8. The summed E-state index contributed by atoms with van der Waals surface area (Å²) in [5.74, 6) is -0.983. The first-order chi connectivity index (χ1) is 18.3. The van der Waals surface area contributed by atoms with Gasteiger partial charge in [0.1, 0.15) is 23.7 Å². The lowest BCUT2D eigenvalue weighted by Gasteiger charge is -2.29. The Bertz CT molecular complexity index is 1370. The first-order valence-electron chi connectivity index (χ1n) is 12.2. The number of halogens is 2. The molecular weight excluding hydrogens is 488 g/mol. The Kier molecular flexibility index (Phi) is 8.17. The Morgan fingerprint density at radius 3 is 2.39 bits per heavy atom. The maximum Gasteiger partial charge on any atom is 0.251 e. The van der Waals surface area contributed by atoms with Crippen molar-refractivity contribution in [2.75, 3.05) is 11.4 Å². The minimum absolute atomic E-state index is 0.0280. The number of hydrogen-bond donors (Lipinski definition) is 2. The van der Waals surface area contributed by atoms with E-state index >= 15 is 0 Å². The molecule has 3 atom stereocenters. The van der Waals surface area contributed by atoms with Gasteiger partial charge in [-0.15, -0.1) is 6.42 Å². The van der Waals surface area contributed by atoms with Crippen molar-refractivity contribution in [3.05, 3.63) is 101 Å². The zero-order valence-corrected chi connectivity index (χ0v) is 20.8. The van der Waals surface area contributed by atoms with Crippen LogP contribution in [0.2, 0.25) is 0 Å². The van der Waals surface area contributed by atoms with Crippen molar-refractivity contribution in [1.82, 2.24) is 10.6 Å². The van der Waals surface area contributed by atoms with Gasteiger partial charge in [0.25, 0.3) is 5.91 Å². The summed E-state index contributed by atoms with van der Waals surface area (Å²) in [5.41, 5.74) is 2.62. The van der Waals surface area contributed by atoms with Crippen LogP contribution >= 0.6 is 0 Å². The lowest BCUT2D eigenvalue weighted by molar-refractivity contribution is -0.131. The molecule has 1 heterocycles. The maximum atomic E-state index is 13.8. The molecule has 1 unspecified atom stereocenters. The number of rotatable bonds is 7. The summed E-state index contributed by atoms with van der Waals surface area (Å²) in [5, 5.41) is 5.38. The minimum Gasteiger partial charge on any atom is -0.344 e. The summed E-state index contributed by atoms with van der Waals surface area (Å²) in [6.07, 6.45) is 5.74. The van der Waals surface area contributed by atoms with Gasteiger partial charge in [-0.3, -0.25) is 19.3 Å². The maximum absolute atomic E-state index is 13.8. The third-order valence-corrected chi connectivity index (χ3v) is 6.49. The number of amides is 3. The Balaban J connectivity index is 1.56. The summed E-state index contributed by atoms with van der Waals surface area (Å²) in [7, 11) is 0. The monoisotopic (exact) mass is 515 g/mol. The molecule has 3 amide bonds. The molecule has 8 heteroatoms. The quantitative estimate of drug-likeness (QED) is 0.473. The predicted molar refractivity (Wildman–Crippen MR) is 140 cm³/mol. The standard InChI is InChI=1S/C30H27F2N3O3/c1-3-13-35-26-12-8-7-11-22(26)17-25(21-9-5-4-6-10-21)28(30(35)38)34-29(37)19(2)33-27(36)16-20-14-23(31)18-24(32)15-20/h1,4-12,14-15,18-19,25,28H,13,16-17H2,2H3,(H,33,36)(H,34,37)/t19-,25?,28+/m0/s1. The highest BCUT2D eigenvalue weighted by atomic mass is 19.1. The van der Waals surface area contributed by atoms with Crippen molar-refractivity contribution >= 4 is 23.4 Å². The highest BCUT2D eigenvalue weighted by Crippen LogP contribution is 2.34. The van der Waals surface area contributed by atoms with Crippen molar-refractivity contribution in [3.63, 3.8) is 0 Å². The van der Waals surface area contributed by atoms with E-state index in [0.717, 1.165) is 23.3 Å². The normalized spacial score (nSPS) is 17.5. The van der Waals surface area contributed by atoms with E-state index in [1.807, 2.05) is 54.6 Å². The van der Waals surface area contributed by atoms with E-state index in [1.165, 1.54) is 11.8 Å². The second-order valence-electron chi connectivity index (χ2n) is 9.21. The van der Waals surface area contributed by atoms with Crippen LogP contribution in [0.3, 0.4) is 0 Å². The van der Waals surface area contributed by atoms with Gasteiger partial charge in [-0.2, -0.15) is 0 Å². The van der Waals surface area contributed by atoms with Gasteiger partial charge in [0, 0.05) is 17.7 Å². The molecule has 0 fully saturated rings. The van der Waals surface area contributed by atoms with Crippen LogP contribution in [0.4, 0.5) is 14.5 Å². The summed E-state index contributed by atoms with van der Waals surface area (Å²) < 4.78 is 27.0. The number of benzene rings is 3. The number of nitrogens with one attached hydrogen (secondary N) is 2. The number of nitrogens with zero attached hydrogens (tertiary/aromatic N) is 1. The van der Waals surface area contributed by atoms with Crippen LogP contribution in [-0.2, 0) is 27.2 Å². The first kappa shape index (κ1) is 26.6. The molecule has 3 aromatic rings. The second kappa shape index (κ2) is 11.7. The topological polar surface area (TPSA) is 78.5 Å². The van der Waals surface area contributed by atoms with E-state index in [1.54, 1.807) is 0 Å².